The Kier molecular flexibility index (Phi) is 4.11. The summed E-state index contributed by atoms with van der Waals surface area (Å²) < 4.78 is 26.0. The topological polar surface area (TPSA) is 63.8 Å². The van der Waals surface area contributed by atoms with Gasteiger partial charge in [-0.2, -0.15) is 4.98 Å². The van der Waals surface area contributed by atoms with Crippen molar-refractivity contribution in [3.8, 4) is 0 Å². The Labute approximate surface area is 113 Å². The van der Waals surface area contributed by atoms with Crippen LogP contribution in [0.5, 0.6) is 0 Å². The maximum atomic E-state index is 13.0. The van der Waals surface area contributed by atoms with Crippen LogP contribution in [0.3, 0.4) is 0 Å². The molecule has 1 heterocycles. The fraction of sp³-hybridized carbons (Fsp3) is 0.167. The molecular formula is C12H11ClF2N4. The van der Waals surface area contributed by atoms with Crippen molar-refractivity contribution in [1.82, 2.24) is 9.97 Å². The molecule has 4 nitrogen and oxygen atoms in total. The van der Waals surface area contributed by atoms with E-state index in [1.165, 1.54) is 18.3 Å². The van der Waals surface area contributed by atoms with Crippen molar-refractivity contribution >= 4 is 23.1 Å². The smallest absolute Gasteiger partial charge is 0.224 e. The Bertz CT molecular complexity index is 572. The van der Waals surface area contributed by atoms with Gasteiger partial charge < -0.3 is 11.1 Å². The molecule has 2 rings (SSSR count). The van der Waals surface area contributed by atoms with E-state index < -0.39 is 11.6 Å². The summed E-state index contributed by atoms with van der Waals surface area (Å²) in [5.41, 5.74) is 6.55. The Hall–Kier alpha value is -1.95. The average Bonchev–Trinajstić information content (AvgIpc) is 2.32. The first-order chi connectivity index (χ1) is 9.04. The molecular weight excluding hydrogens is 274 g/mol. The number of halogens is 3. The third-order valence-electron chi connectivity index (χ3n) is 2.42. The molecule has 2 aromatic rings. The van der Waals surface area contributed by atoms with Crippen molar-refractivity contribution in [2.24, 2.45) is 0 Å². The third kappa shape index (κ3) is 3.75. The van der Waals surface area contributed by atoms with Gasteiger partial charge >= 0.3 is 0 Å². The number of aromatic nitrogens is 2. The summed E-state index contributed by atoms with van der Waals surface area (Å²) >= 11 is 5.64. The highest BCUT2D eigenvalue weighted by Gasteiger charge is 2.04. The van der Waals surface area contributed by atoms with Crippen LogP contribution in [-0.4, -0.2) is 16.5 Å². The molecule has 0 aliphatic heterocycles. The third-order valence-corrected chi connectivity index (χ3v) is 2.60. The molecule has 3 N–H and O–H groups in total. The van der Waals surface area contributed by atoms with E-state index in [-0.39, 0.29) is 5.28 Å². The van der Waals surface area contributed by atoms with Crippen LogP contribution >= 0.6 is 11.6 Å². The van der Waals surface area contributed by atoms with E-state index in [0.29, 0.717) is 30.0 Å². The zero-order chi connectivity index (χ0) is 13.8. The summed E-state index contributed by atoms with van der Waals surface area (Å²) in [6.45, 7) is 0.417. The molecule has 0 fully saturated rings. The van der Waals surface area contributed by atoms with Gasteiger partial charge in [-0.3, -0.25) is 0 Å². The number of nitrogens with two attached hydrogens (primary N) is 1. The van der Waals surface area contributed by atoms with Gasteiger partial charge in [0.15, 0.2) is 5.82 Å². The molecule has 19 heavy (non-hydrogen) atoms. The molecule has 0 atom stereocenters. The second-order valence-corrected chi connectivity index (χ2v) is 4.24. The van der Waals surface area contributed by atoms with Gasteiger partial charge in [-0.15, -0.1) is 0 Å². The number of hydrogen-bond donors (Lipinski definition) is 2. The summed E-state index contributed by atoms with van der Waals surface area (Å²) in [7, 11) is 0. The Morgan fingerprint density at radius 1 is 1.21 bits per heavy atom. The highest BCUT2D eigenvalue weighted by atomic mass is 35.5. The van der Waals surface area contributed by atoms with Crippen LogP contribution in [0.2, 0.25) is 5.28 Å². The van der Waals surface area contributed by atoms with Gasteiger partial charge in [0.25, 0.3) is 0 Å². The minimum absolute atomic E-state index is 0.0773. The standard InChI is InChI=1S/C12H11ClF2N4/c13-12-18-6-10(16)11(19-12)17-2-1-7-3-8(14)5-9(15)4-7/h3-6H,1-2,16H2,(H,17,18,19). The van der Waals surface area contributed by atoms with E-state index in [9.17, 15) is 8.78 Å². The zero-order valence-electron chi connectivity index (χ0n) is 9.83. The largest absolute Gasteiger partial charge is 0.394 e. The van der Waals surface area contributed by atoms with Crippen molar-refractivity contribution in [3.63, 3.8) is 0 Å². The van der Waals surface area contributed by atoms with Gasteiger partial charge in [0, 0.05) is 12.6 Å². The van der Waals surface area contributed by atoms with Crippen LogP contribution in [0.4, 0.5) is 20.3 Å². The second kappa shape index (κ2) is 5.79. The van der Waals surface area contributed by atoms with E-state index in [0.717, 1.165) is 6.07 Å². The van der Waals surface area contributed by atoms with Crippen LogP contribution in [0.1, 0.15) is 5.56 Å². The van der Waals surface area contributed by atoms with Crippen LogP contribution in [0, 0.1) is 11.6 Å². The van der Waals surface area contributed by atoms with Crippen LogP contribution in [0.15, 0.2) is 24.4 Å². The molecule has 0 aliphatic rings. The number of hydrogen-bond acceptors (Lipinski definition) is 4. The zero-order valence-corrected chi connectivity index (χ0v) is 10.6. The molecule has 0 radical (unpaired) electrons. The summed E-state index contributed by atoms with van der Waals surface area (Å²) in [6, 6.07) is 3.39. The molecule has 0 saturated heterocycles. The minimum atomic E-state index is -0.598. The van der Waals surface area contributed by atoms with Crippen LogP contribution in [-0.2, 0) is 6.42 Å². The molecule has 0 unspecified atom stereocenters. The summed E-state index contributed by atoms with van der Waals surface area (Å²) in [4.78, 5) is 7.63. The van der Waals surface area contributed by atoms with Crippen LogP contribution in [0.25, 0.3) is 0 Å². The Morgan fingerprint density at radius 2 is 1.89 bits per heavy atom. The van der Waals surface area contributed by atoms with Crippen molar-refractivity contribution in [2.45, 2.75) is 6.42 Å². The highest BCUT2D eigenvalue weighted by molar-refractivity contribution is 6.28. The van der Waals surface area contributed by atoms with Crippen LogP contribution < -0.4 is 11.1 Å². The van der Waals surface area contributed by atoms with Crippen molar-refractivity contribution < 1.29 is 8.78 Å². The minimum Gasteiger partial charge on any atom is -0.394 e. The van der Waals surface area contributed by atoms with Crippen molar-refractivity contribution in [2.75, 3.05) is 17.6 Å². The van der Waals surface area contributed by atoms with E-state index in [1.54, 1.807) is 0 Å². The highest BCUT2D eigenvalue weighted by Crippen LogP contribution is 2.16. The predicted molar refractivity (Wildman–Crippen MR) is 70.0 cm³/mol. The Morgan fingerprint density at radius 3 is 2.58 bits per heavy atom. The lowest BCUT2D eigenvalue weighted by molar-refractivity contribution is 0.580. The lowest BCUT2D eigenvalue weighted by atomic mass is 10.1. The summed E-state index contributed by atoms with van der Waals surface area (Å²) in [5.74, 6) is -0.795. The molecule has 0 aliphatic carbocycles. The maximum Gasteiger partial charge on any atom is 0.224 e. The lowest BCUT2D eigenvalue weighted by Crippen LogP contribution is -2.09. The van der Waals surface area contributed by atoms with Gasteiger partial charge in [0.1, 0.15) is 11.6 Å². The first kappa shape index (κ1) is 13.5. The maximum absolute atomic E-state index is 13.0. The normalized spacial score (nSPS) is 10.5. The van der Waals surface area contributed by atoms with E-state index in [1.807, 2.05) is 0 Å². The molecule has 1 aromatic heterocycles. The molecule has 0 saturated carbocycles. The average molecular weight is 285 g/mol. The summed E-state index contributed by atoms with van der Waals surface area (Å²) in [5, 5.41) is 3.01. The van der Waals surface area contributed by atoms with Crippen molar-refractivity contribution in [3.05, 3.63) is 46.9 Å². The monoisotopic (exact) mass is 284 g/mol. The molecule has 0 bridgehead atoms. The van der Waals surface area contributed by atoms with Gasteiger partial charge in [-0.05, 0) is 35.7 Å². The first-order valence-electron chi connectivity index (χ1n) is 5.51. The number of nitrogens with one attached hydrogen (secondary N) is 1. The number of benzene rings is 1. The lowest BCUT2D eigenvalue weighted by Gasteiger charge is -2.08. The van der Waals surface area contributed by atoms with Gasteiger partial charge in [-0.1, -0.05) is 0 Å². The van der Waals surface area contributed by atoms with E-state index in [2.05, 4.69) is 15.3 Å². The van der Waals surface area contributed by atoms with Gasteiger partial charge in [-0.25, -0.2) is 13.8 Å². The quantitative estimate of drug-likeness (QED) is 0.847. The van der Waals surface area contributed by atoms with E-state index >= 15 is 0 Å². The number of nitrogens with zero attached hydrogens (tertiary/aromatic N) is 2. The number of rotatable bonds is 4. The molecule has 100 valence electrons. The van der Waals surface area contributed by atoms with E-state index in [4.69, 9.17) is 17.3 Å². The molecule has 7 heteroatoms. The fourth-order valence-corrected chi connectivity index (χ4v) is 1.73. The predicted octanol–water partition coefficient (Wildman–Crippen LogP) is 2.65. The van der Waals surface area contributed by atoms with Crippen molar-refractivity contribution in [1.29, 1.82) is 0 Å². The number of nitrogen functional groups attached to an aromatic ring is 1. The van der Waals surface area contributed by atoms with Gasteiger partial charge in [0.2, 0.25) is 5.28 Å². The summed E-state index contributed by atoms with van der Waals surface area (Å²) in [6.07, 6.45) is 1.81. The molecule has 0 spiro atoms. The second-order valence-electron chi connectivity index (χ2n) is 3.90. The Balaban J connectivity index is 1.98. The molecule has 1 aromatic carbocycles. The fourth-order valence-electron chi connectivity index (χ4n) is 1.59. The SMILES string of the molecule is Nc1cnc(Cl)nc1NCCc1cc(F)cc(F)c1. The van der Waals surface area contributed by atoms with Gasteiger partial charge in [0.05, 0.1) is 11.9 Å². The molecule has 0 amide bonds. The first-order valence-corrected chi connectivity index (χ1v) is 5.89. The number of anilines is 2.